The molecular formula is C9H3Br3FN. The molecule has 0 saturated carbocycles. The minimum absolute atomic E-state index is 0.306. The molecule has 0 spiro atoms. The molecule has 72 valence electrons. The number of benzene rings is 1. The van der Waals surface area contributed by atoms with Crippen molar-refractivity contribution in [3.05, 3.63) is 37.6 Å². The zero-order valence-corrected chi connectivity index (χ0v) is 11.4. The van der Waals surface area contributed by atoms with Gasteiger partial charge in [0.15, 0.2) is 0 Å². The second-order valence-corrected chi connectivity index (χ2v) is 5.21. The van der Waals surface area contributed by atoms with Crippen molar-refractivity contribution in [1.29, 1.82) is 0 Å². The Bertz CT molecular complexity index is 513. The molecule has 0 bridgehead atoms. The Kier molecular flexibility index (Phi) is 2.91. The van der Waals surface area contributed by atoms with E-state index in [9.17, 15) is 4.39 Å². The van der Waals surface area contributed by atoms with E-state index in [1.165, 1.54) is 6.07 Å². The number of pyridine rings is 1. The first-order valence-electron chi connectivity index (χ1n) is 3.68. The summed E-state index contributed by atoms with van der Waals surface area (Å²) in [6.07, 6.45) is 1.64. The minimum Gasteiger partial charge on any atom is -0.255 e. The van der Waals surface area contributed by atoms with Crippen molar-refractivity contribution in [2.45, 2.75) is 0 Å². The average Bonchev–Trinajstić information content (AvgIpc) is 2.15. The van der Waals surface area contributed by atoms with Gasteiger partial charge in [-0.25, -0.2) is 4.39 Å². The predicted octanol–water partition coefficient (Wildman–Crippen LogP) is 4.66. The van der Waals surface area contributed by atoms with Gasteiger partial charge in [0.1, 0.15) is 5.82 Å². The van der Waals surface area contributed by atoms with Crippen LogP contribution in [-0.2, 0) is 0 Å². The van der Waals surface area contributed by atoms with Crippen LogP contribution < -0.4 is 0 Å². The van der Waals surface area contributed by atoms with Crippen molar-refractivity contribution in [3.8, 4) is 0 Å². The minimum atomic E-state index is -0.306. The molecule has 0 aliphatic rings. The third kappa shape index (κ3) is 1.73. The number of hydrogen-bond donors (Lipinski definition) is 0. The van der Waals surface area contributed by atoms with E-state index in [0.717, 1.165) is 14.3 Å². The van der Waals surface area contributed by atoms with Crippen LogP contribution in [0.2, 0.25) is 0 Å². The van der Waals surface area contributed by atoms with Crippen molar-refractivity contribution in [3.63, 3.8) is 0 Å². The maximum Gasteiger partial charge on any atom is 0.139 e. The number of hydrogen-bond acceptors (Lipinski definition) is 1. The second-order valence-electron chi connectivity index (χ2n) is 2.70. The van der Waals surface area contributed by atoms with Crippen LogP contribution in [0.3, 0.4) is 0 Å². The maximum atomic E-state index is 13.2. The Morgan fingerprint density at radius 1 is 1.07 bits per heavy atom. The fourth-order valence-corrected chi connectivity index (χ4v) is 2.21. The Morgan fingerprint density at radius 3 is 2.50 bits per heavy atom. The molecule has 0 unspecified atom stereocenters. The summed E-state index contributed by atoms with van der Waals surface area (Å²) in [5.41, 5.74) is 0.626. The molecule has 0 aliphatic carbocycles. The molecule has 0 radical (unpaired) electrons. The summed E-state index contributed by atoms with van der Waals surface area (Å²) in [5.74, 6) is -0.306. The van der Waals surface area contributed by atoms with E-state index in [-0.39, 0.29) is 5.82 Å². The maximum absolute atomic E-state index is 13.2. The topological polar surface area (TPSA) is 12.9 Å². The lowest BCUT2D eigenvalue weighted by Crippen LogP contribution is -1.85. The summed E-state index contributed by atoms with van der Waals surface area (Å²) in [5, 5.41) is 0.868. The molecule has 0 aliphatic heterocycles. The lowest BCUT2D eigenvalue weighted by Gasteiger charge is -2.03. The fraction of sp³-hybridized carbons (Fsp3) is 0. The van der Waals surface area contributed by atoms with E-state index in [0.29, 0.717) is 9.99 Å². The van der Waals surface area contributed by atoms with Gasteiger partial charge < -0.3 is 0 Å². The van der Waals surface area contributed by atoms with Gasteiger partial charge in [-0.15, -0.1) is 0 Å². The summed E-state index contributed by atoms with van der Waals surface area (Å²) >= 11 is 9.89. The van der Waals surface area contributed by atoms with Crippen molar-refractivity contribution in [2.24, 2.45) is 0 Å². The van der Waals surface area contributed by atoms with Gasteiger partial charge >= 0.3 is 0 Å². The highest BCUT2D eigenvalue weighted by atomic mass is 79.9. The molecule has 2 aromatic rings. The zero-order chi connectivity index (χ0) is 10.3. The van der Waals surface area contributed by atoms with Crippen LogP contribution in [0.5, 0.6) is 0 Å². The van der Waals surface area contributed by atoms with Gasteiger partial charge in [-0.3, -0.25) is 4.98 Å². The summed E-state index contributed by atoms with van der Waals surface area (Å²) < 4.78 is 15.3. The SMILES string of the molecule is Fc1cc2ncc(Br)c(Br)c2cc1Br. The highest BCUT2D eigenvalue weighted by Crippen LogP contribution is 2.32. The van der Waals surface area contributed by atoms with Crippen molar-refractivity contribution in [2.75, 3.05) is 0 Å². The van der Waals surface area contributed by atoms with Crippen LogP contribution in [0.25, 0.3) is 10.9 Å². The molecule has 1 heterocycles. The van der Waals surface area contributed by atoms with Crippen molar-refractivity contribution < 1.29 is 4.39 Å². The van der Waals surface area contributed by atoms with E-state index in [2.05, 4.69) is 52.8 Å². The Morgan fingerprint density at radius 2 is 1.79 bits per heavy atom. The van der Waals surface area contributed by atoms with Gasteiger partial charge in [0, 0.05) is 22.1 Å². The molecule has 0 N–H and O–H groups in total. The summed E-state index contributed by atoms with van der Waals surface area (Å²) in [6.45, 7) is 0. The lowest BCUT2D eigenvalue weighted by atomic mass is 10.2. The molecule has 1 aromatic heterocycles. The van der Waals surface area contributed by atoms with Crippen LogP contribution in [0.4, 0.5) is 4.39 Å². The van der Waals surface area contributed by atoms with Crippen LogP contribution >= 0.6 is 47.8 Å². The molecule has 1 aromatic carbocycles. The summed E-state index contributed by atoms with van der Waals surface area (Å²) in [7, 11) is 0. The monoisotopic (exact) mass is 381 g/mol. The van der Waals surface area contributed by atoms with Crippen LogP contribution in [0.15, 0.2) is 31.7 Å². The van der Waals surface area contributed by atoms with Crippen molar-refractivity contribution in [1.82, 2.24) is 4.98 Å². The number of nitrogens with zero attached hydrogens (tertiary/aromatic N) is 1. The summed E-state index contributed by atoms with van der Waals surface area (Å²) in [4.78, 5) is 4.11. The smallest absolute Gasteiger partial charge is 0.139 e. The lowest BCUT2D eigenvalue weighted by molar-refractivity contribution is 0.623. The predicted molar refractivity (Wildman–Crippen MR) is 64.8 cm³/mol. The van der Waals surface area contributed by atoms with E-state index >= 15 is 0 Å². The standard InChI is InChI=1S/C9H3Br3FN/c10-5-1-4-8(2-7(5)13)14-3-6(11)9(4)12/h1-3H. The van der Waals surface area contributed by atoms with Crippen LogP contribution in [0.1, 0.15) is 0 Å². The van der Waals surface area contributed by atoms with Crippen LogP contribution in [-0.4, -0.2) is 4.98 Å². The number of rotatable bonds is 0. The highest BCUT2D eigenvalue weighted by Gasteiger charge is 2.07. The molecule has 1 nitrogen and oxygen atoms in total. The number of halogens is 4. The van der Waals surface area contributed by atoms with E-state index in [4.69, 9.17) is 0 Å². The average molecular weight is 384 g/mol. The fourth-order valence-electron chi connectivity index (χ4n) is 1.13. The van der Waals surface area contributed by atoms with Gasteiger partial charge in [0.25, 0.3) is 0 Å². The van der Waals surface area contributed by atoms with E-state index in [1.54, 1.807) is 12.3 Å². The van der Waals surface area contributed by atoms with Gasteiger partial charge in [-0.1, -0.05) is 0 Å². The highest BCUT2D eigenvalue weighted by molar-refractivity contribution is 9.13. The zero-order valence-electron chi connectivity index (χ0n) is 6.69. The molecule has 14 heavy (non-hydrogen) atoms. The first-order valence-corrected chi connectivity index (χ1v) is 6.06. The van der Waals surface area contributed by atoms with Gasteiger partial charge in [0.05, 0.1) is 14.5 Å². The third-order valence-electron chi connectivity index (χ3n) is 1.80. The van der Waals surface area contributed by atoms with Crippen LogP contribution in [0, 0.1) is 5.82 Å². The first-order chi connectivity index (χ1) is 6.59. The third-order valence-corrected chi connectivity index (χ3v) is 4.40. The Labute approximate surface area is 105 Å². The van der Waals surface area contributed by atoms with E-state index in [1.807, 2.05) is 0 Å². The molecule has 5 heteroatoms. The quantitative estimate of drug-likeness (QED) is 0.644. The second kappa shape index (κ2) is 3.87. The largest absolute Gasteiger partial charge is 0.255 e. The normalized spacial score (nSPS) is 10.9. The molecule has 0 atom stereocenters. The first kappa shape index (κ1) is 10.5. The molecular weight excluding hydrogens is 381 g/mol. The molecule has 0 amide bonds. The molecule has 0 saturated heterocycles. The van der Waals surface area contributed by atoms with Gasteiger partial charge in [0.2, 0.25) is 0 Å². The number of fused-ring (bicyclic) bond motifs is 1. The number of aromatic nitrogens is 1. The van der Waals surface area contributed by atoms with Crippen molar-refractivity contribution >= 4 is 58.7 Å². The van der Waals surface area contributed by atoms with E-state index < -0.39 is 0 Å². The Balaban J connectivity index is 2.89. The Hall–Kier alpha value is -0.000000000000000111. The molecule has 0 fully saturated rings. The van der Waals surface area contributed by atoms with Gasteiger partial charge in [-0.05, 0) is 53.9 Å². The molecule has 2 rings (SSSR count). The van der Waals surface area contributed by atoms with Gasteiger partial charge in [-0.2, -0.15) is 0 Å². The summed E-state index contributed by atoms with van der Waals surface area (Å²) in [6, 6.07) is 3.10.